The highest BCUT2D eigenvalue weighted by atomic mass is 32.2. The zero-order valence-corrected chi connectivity index (χ0v) is 18.6. The SMILES string of the molecule is CCOC(=O)c1c(NC(=O)CSc2ncnc3ccccc23)sc2c1CC[C@H](C)C2. The van der Waals surface area contributed by atoms with Gasteiger partial charge in [-0.15, -0.1) is 11.3 Å². The van der Waals surface area contributed by atoms with E-state index in [9.17, 15) is 9.59 Å². The molecule has 1 amide bonds. The number of nitrogens with one attached hydrogen (secondary N) is 1. The average Bonchev–Trinajstić information content (AvgIpc) is 3.09. The van der Waals surface area contributed by atoms with Gasteiger partial charge in [-0.1, -0.05) is 36.9 Å². The molecule has 0 spiro atoms. The standard InChI is InChI=1S/C22H23N3O3S2/c1-3-28-22(27)19-15-9-8-13(2)10-17(15)30-21(19)25-18(26)11-29-20-14-6-4-5-7-16(14)23-12-24-20/h4-7,12-13H,3,8-11H2,1-2H3,(H,25,26)/t13-/m0/s1. The molecule has 0 saturated carbocycles. The molecule has 0 saturated heterocycles. The van der Waals surface area contributed by atoms with Crippen molar-refractivity contribution < 1.29 is 14.3 Å². The molecule has 0 bridgehead atoms. The Morgan fingerprint density at radius 3 is 2.97 bits per heavy atom. The smallest absolute Gasteiger partial charge is 0.341 e. The van der Waals surface area contributed by atoms with E-state index in [1.807, 2.05) is 24.3 Å². The summed E-state index contributed by atoms with van der Waals surface area (Å²) >= 11 is 2.87. The second kappa shape index (κ2) is 9.14. The van der Waals surface area contributed by atoms with Gasteiger partial charge in [-0.05, 0) is 43.7 Å². The number of ether oxygens (including phenoxy) is 1. The monoisotopic (exact) mass is 441 g/mol. The first-order valence-electron chi connectivity index (χ1n) is 10.0. The van der Waals surface area contributed by atoms with E-state index >= 15 is 0 Å². The summed E-state index contributed by atoms with van der Waals surface area (Å²) in [4.78, 5) is 35.1. The molecule has 1 aromatic carbocycles. The third-order valence-corrected chi connectivity index (χ3v) is 7.27. The predicted octanol–water partition coefficient (Wildman–Crippen LogP) is 4.72. The predicted molar refractivity (Wildman–Crippen MR) is 120 cm³/mol. The summed E-state index contributed by atoms with van der Waals surface area (Å²) in [6, 6.07) is 7.72. The van der Waals surface area contributed by atoms with Gasteiger partial charge < -0.3 is 10.1 Å². The lowest BCUT2D eigenvalue weighted by molar-refractivity contribution is -0.113. The number of hydrogen-bond acceptors (Lipinski definition) is 7. The second-order valence-corrected chi connectivity index (χ2v) is 9.38. The van der Waals surface area contributed by atoms with Crippen molar-refractivity contribution in [2.24, 2.45) is 5.92 Å². The van der Waals surface area contributed by atoms with Crippen LogP contribution in [0.5, 0.6) is 0 Å². The molecule has 0 unspecified atom stereocenters. The van der Waals surface area contributed by atoms with Gasteiger partial charge in [0, 0.05) is 10.3 Å². The Morgan fingerprint density at radius 2 is 2.13 bits per heavy atom. The zero-order valence-electron chi connectivity index (χ0n) is 16.9. The van der Waals surface area contributed by atoms with Gasteiger partial charge in [-0.2, -0.15) is 0 Å². The van der Waals surface area contributed by atoms with E-state index in [4.69, 9.17) is 4.74 Å². The Hall–Kier alpha value is -2.45. The molecule has 1 atom stereocenters. The number of thiophene rings is 1. The maximum absolute atomic E-state index is 12.7. The number of anilines is 1. The van der Waals surface area contributed by atoms with Crippen molar-refractivity contribution in [3.05, 3.63) is 46.6 Å². The molecule has 2 heterocycles. The van der Waals surface area contributed by atoms with E-state index in [-0.39, 0.29) is 17.6 Å². The molecule has 4 rings (SSSR count). The van der Waals surface area contributed by atoms with Crippen molar-refractivity contribution in [3.8, 4) is 0 Å². The Kier molecular flexibility index (Phi) is 6.34. The van der Waals surface area contributed by atoms with Crippen LogP contribution in [0.25, 0.3) is 10.9 Å². The van der Waals surface area contributed by atoms with Gasteiger partial charge in [0.15, 0.2) is 0 Å². The number of rotatable bonds is 6. The van der Waals surface area contributed by atoms with Crippen LogP contribution in [0.2, 0.25) is 0 Å². The molecule has 1 N–H and O–H groups in total. The number of nitrogens with zero attached hydrogens (tertiary/aromatic N) is 2. The molecule has 8 heteroatoms. The Labute approximate surface area is 183 Å². The van der Waals surface area contributed by atoms with Gasteiger partial charge in [0.2, 0.25) is 5.91 Å². The van der Waals surface area contributed by atoms with E-state index in [1.54, 1.807) is 6.92 Å². The highest BCUT2D eigenvalue weighted by Crippen LogP contribution is 2.40. The van der Waals surface area contributed by atoms with Crippen molar-refractivity contribution in [1.29, 1.82) is 0 Å². The summed E-state index contributed by atoms with van der Waals surface area (Å²) < 4.78 is 5.27. The van der Waals surface area contributed by atoms with E-state index in [0.29, 0.717) is 23.1 Å². The van der Waals surface area contributed by atoms with Crippen LogP contribution in [0.3, 0.4) is 0 Å². The maximum atomic E-state index is 12.7. The quantitative estimate of drug-likeness (QED) is 0.339. The molecular formula is C22H23N3O3S2. The number of amides is 1. The van der Waals surface area contributed by atoms with Crippen molar-refractivity contribution in [2.45, 2.75) is 38.1 Å². The number of carbonyl (C=O) groups excluding carboxylic acids is 2. The van der Waals surface area contributed by atoms with Crippen molar-refractivity contribution in [1.82, 2.24) is 9.97 Å². The minimum Gasteiger partial charge on any atom is -0.462 e. The highest BCUT2D eigenvalue weighted by molar-refractivity contribution is 8.00. The molecule has 30 heavy (non-hydrogen) atoms. The Bertz CT molecular complexity index is 1090. The van der Waals surface area contributed by atoms with Crippen LogP contribution in [-0.2, 0) is 22.4 Å². The second-order valence-electron chi connectivity index (χ2n) is 7.31. The molecule has 156 valence electrons. The minimum atomic E-state index is -0.352. The van der Waals surface area contributed by atoms with Crippen LogP contribution in [0.15, 0.2) is 35.6 Å². The van der Waals surface area contributed by atoms with Crippen LogP contribution < -0.4 is 5.32 Å². The highest BCUT2D eigenvalue weighted by Gasteiger charge is 2.29. The van der Waals surface area contributed by atoms with Crippen molar-refractivity contribution >= 4 is 50.9 Å². The van der Waals surface area contributed by atoms with Gasteiger partial charge in [-0.3, -0.25) is 4.79 Å². The lowest BCUT2D eigenvalue weighted by atomic mass is 9.88. The van der Waals surface area contributed by atoms with Gasteiger partial charge in [0.25, 0.3) is 0 Å². The van der Waals surface area contributed by atoms with E-state index in [2.05, 4.69) is 22.2 Å². The van der Waals surface area contributed by atoms with Crippen molar-refractivity contribution in [3.63, 3.8) is 0 Å². The summed E-state index contributed by atoms with van der Waals surface area (Å²) in [6.07, 6.45) is 4.33. The normalized spacial score (nSPS) is 15.6. The first-order chi connectivity index (χ1) is 14.6. The minimum absolute atomic E-state index is 0.167. The lowest BCUT2D eigenvalue weighted by Gasteiger charge is -2.18. The Morgan fingerprint density at radius 1 is 1.30 bits per heavy atom. The molecule has 0 fully saturated rings. The van der Waals surface area contributed by atoms with Crippen LogP contribution in [0.4, 0.5) is 5.00 Å². The number of carbonyl (C=O) groups is 2. The third kappa shape index (κ3) is 4.34. The number of hydrogen-bond donors (Lipinski definition) is 1. The molecule has 1 aliphatic carbocycles. The molecular weight excluding hydrogens is 418 g/mol. The zero-order chi connectivity index (χ0) is 21.1. The fraction of sp³-hybridized carbons (Fsp3) is 0.364. The average molecular weight is 442 g/mol. The van der Waals surface area contributed by atoms with Crippen LogP contribution in [0, 0.1) is 5.92 Å². The molecule has 0 aliphatic heterocycles. The largest absolute Gasteiger partial charge is 0.462 e. The number of thioether (sulfide) groups is 1. The van der Waals surface area contributed by atoms with E-state index < -0.39 is 0 Å². The first-order valence-corrected chi connectivity index (χ1v) is 11.8. The van der Waals surface area contributed by atoms with Gasteiger partial charge in [0.05, 0.1) is 23.4 Å². The summed E-state index contributed by atoms with van der Waals surface area (Å²) in [6.45, 7) is 4.32. The van der Waals surface area contributed by atoms with Gasteiger partial charge >= 0.3 is 5.97 Å². The summed E-state index contributed by atoms with van der Waals surface area (Å²) in [7, 11) is 0. The van der Waals surface area contributed by atoms with Crippen LogP contribution in [-0.4, -0.2) is 34.2 Å². The third-order valence-electron chi connectivity index (χ3n) is 5.09. The van der Waals surface area contributed by atoms with E-state index in [1.165, 1.54) is 34.3 Å². The lowest BCUT2D eigenvalue weighted by Crippen LogP contribution is -2.17. The number of esters is 1. The fourth-order valence-electron chi connectivity index (χ4n) is 3.65. The Balaban J connectivity index is 1.52. The molecule has 2 aromatic heterocycles. The molecule has 6 nitrogen and oxygen atoms in total. The number of fused-ring (bicyclic) bond motifs is 2. The van der Waals surface area contributed by atoms with E-state index in [0.717, 1.165) is 40.8 Å². The van der Waals surface area contributed by atoms with Crippen LogP contribution >= 0.6 is 23.1 Å². The molecule has 3 aromatic rings. The molecule has 0 radical (unpaired) electrons. The number of para-hydroxylation sites is 1. The van der Waals surface area contributed by atoms with Gasteiger partial charge in [-0.25, -0.2) is 14.8 Å². The molecule has 1 aliphatic rings. The fourth-order valence-corrected chi connectivity index (χ4v) is 5.85. The summed E-state index contributed by atoms with van der Waals surface area (Å²) in [5.41, 5.74) is 2.43. The number of aromatic nitrogens is 2. The summed E-state index contributed by atoms with van der Waals surface area (Å²) in [5.74, 6) is 0.257. The van der Waals surface area contributed by atoms with Crippen molar-refractivity contribution in [2.75, 3.05) is 17.7 Å². The van der Waals surface area contributed by atoms with Gasteiger partial charge in [0.1, 0.15) is 16.4 Å². The summed E-state index contributed by atoms with van der Waals surface area (Å²) in [5, 5.41) is 5.24. The van der Waals surface area contributed by atoms with Crippen LogP contribution in [0.1, 0.15) is 41.1 Å². The number of benzene rings is 1. The topological polar surface area (TPSA) is 81.2 Å². The maximum Gasteiger partial charge on any atom is 0.341 e. The first kappa shape index (κ1) is 20.8.